The zero-order valence-corrected chi connectivity index (χ0v) is 14.3. The third-order valence-electron chi connectivity index (χ3n) is 3.53. The predicted molar refractivity (Wildman–Crippen MR) is 87.3 cm³/mol. The van der Waals surface area contributed by atoms with E-state index in [4.69, 9.17) is 0 Å². The Kier molecular flexibility index (Phi) is 6.53. The van der Waals surface area contributed by atoms with Crippen molar-refractivity contribution in [2.24, 2.45) is 13.0 Å². The van der Waals surface area contributed by atoms with E-state index in [9.17, 15) is 0 Å². The first-order chi connectivity index (χ1) is 9.38. The molecular formula is C16H32N4. The van der Waals surface area contributed by atoms with Gasteiger partial charge in [0.15, 0.2) is 0 Å². The molecule has 20 heavy (non-hydrogen) atoms. The number of aryl methyl sites for hydroxylation is 2. The maximum atomic E-state index is 4.63. The number of hydrogen-bond donors (Lipinski definition) is 1. The minimum atomic E-state index is 0.494. The van der Waals surface area contributed by atoms with Gasteiger partial charge in [-0.1, -0.05) is 20.8 Å². The lowest BCUT2D eigenvalue weighted by Crippen LogP contribution is -2.34. The first kappa shape index (κ1) is 17.0. The van der Waals surface area contributed by atoms with Crippen LogP contribution in [0.2, 0.25) is 0 Å². The van der Waals surface area contributed by atoms with E-state index in [1.807, 2.05) is 4.68 Å². The van der Waals surface area contributed by atoms with Gasteiger partial charge in [-0.2, -0.15) is 5.10 Å². The Morgan fingerprint density at radius 3 is 2.40 bits per heavy atom. The molecule has 0 saturated heterocycles. The Labute approximate surface area is 124 Å². The highest BCUT2D eigenvalue weighted by molar-refractivity contribution is 5.50. The second-order valence-electron chi connectivity index (χ2n) is 6.32. The number of anilines is 1. The molecule has 4 nitrogen and oxygen atoms in total. The van der Waals surface area contributed by atoms with Gasteiger partial charge in [-0.05, 0) is 39.7 Å². The molecule has 0 spiro atoms. The van der Waals surface area contributed by atoms with E-state index in [0.29, 0.717) is 12.0 Å². The fourth-order valence-electron chi connectivity index (χ4n) is 2.59. The lowest BCUT2D eigenvalue weighted by atomic mass is 10.1. The van der Waals surface area contributed by atoms with Gasteiger partial charge in [0, 0.05) is 31.7 Å². The third kappa shape index (κ3) is 4.23. The molecule has 0 aliphatic rings. The van der Waals surface area contributed by atoms with Crippen LogP contribution in [0.4, 0.5) is 5.82 Å². The monoisotopic (exact) mass is 280 g/mol. The molecule has 0 aromatic carbocycles. The van der Waals surface area contributed by atoms with Gasteiger partial charge >= 0.3 is 0 Å². The zero-order chi connectivity index (χ0) is 15.3. The van der Waals surface area contributed by atoms with Gasteiger partial charge in [-0.15, -0.1) is 0 Å². The van der Waals surface area contributed by atoms with Crippen molar-refractivity contribution in [3.63, 3.8) is 0 Å². The van der Waals surface area contributed by atoms with Crippen LogP contribution in [0.25, 0.3) is 0 Å². The smallest absolute Gasteiger partial charge is 0.131 e. The highest BCUT2D eigenvalue weighted by atomic mass is 15.4. The van der Waals surface area contributed by atoms with Crippen molar-refractivity contribution in [2.75, 3.05) is 18.0 Å². The molecule has 0 aliphatic heterocycles. The Bertz CT molecular complexity index is 407. The molecule has 0 fully saturated rings. The van der Waals surface area contributed by atoms with Crippen LogP contribution in [0.5, 0.6) is 0 Å². The molecule has 1 N–H and O–H groups in total. The predicted octanol–water partition coefficient (Wildman–Crippen LogP) is 3.10. The summed E-state index contributed by atoms with van der Waals surface area (Å²) in [5, 5.41) is 8.18. The molecule has 1 aromatic heterocycles. The van der Waals surface area contributed by atoms with Crippen LogP contribution in [0.3, 0.4) is 0 Å². The number of nitrogens with one attached hydrogen (secondary N) is 1. The SMILES string of the molecule is CCCN(c1c(CNCC(C)C)c(C)nn1C)C(C)C. The maximum Gasteiger partial charge on any atom is 0.131 e. The minimum Gasteiger partial charge on any atom is -0.354 e. The molecular weight excluding hydrogens is 248 g/mol. The maximum absolute atomic E-state index is 4.63. The fourth-order valence-corrected chi connectivity index (χ4v) is 2.59. The van der Waals surface area contributed by atoms with Gasteiger partial charge in [0.1, 0.15) is 5.82 Å². The van der Waals surface area contributed by atoms with E-state index in [1.165, 1.54) is 11.4 Å². The number of aromatic nitrogens is 2. The summed E-state index contributed by atoms with van der Waals surface area (Å²) in [4.78, 5) is 2.46. The van der Waals surface area contributed by atoms with Gasteiger partial charge in [0.2, 0.25) is 0 Å². The summed E-state index contributed by atoms with van der Waals surface area (Å²) in [5.74, 6) is 1.95. The van der Waals surface area contributed by atoms with Gasteiger partial charge in [-0.25, -0.2) is 0 Å². The summed E-state index contributed by atoms with van der Waals surface area (Å²) in [6, 6.07) is 0.494. The molecule has 0 unspecified atom stereocenters. The van der Waals surface area contributed by atoms with E-state index in [0.717, 1.165) is 31.7 Å². The molecule has 4 heteroatoms. The van der Waals surface area contributed by atoms with Crippen molar-refractivity contribution in [3.8, 4) is 0 Å². The van der Waals surface area contributed by atoms with E-state index in [1.54, 1.807) is 0 Å². The molecule has 0 bridgehead atoms. The normalized spacial score (nSPS) is 11.7. The number of hydrogen-bond acceptors (Lipinski definition) is 3. The highest BCUT2D eigenvalue weighted by Crippen LogP contribution is 2.25. The van der Waals surface area contributed by atoms with Crippen LogP contribution < -0.4 is 10.2 Å². The van der Waals surface area contributed by atoms with Crippen LogP contribution in [-0.4, -0.2) is 28.9 Å². The van der Waals surface area contributed by atoms with E-state index < -0.39 is 0 Å². The average Bonchev–Trinajstić information content (AvgIpc) is 2.61. The van der Waals surface area contributed by atoms with Crippen molar-refractivity contribution in [2.45, 2.75) is 60.5 Å². The first-order valence-corrected chi connectivity index (χ1v) is 7.88. The standard InChI is InChI=1S/C16H32N4/c1-8-9-20(13(4)5)16-15(11-17-10-12(2)3)14(6)18-19(16)7/h12-13,17H,8-11H2,1-7H3. The van der Waals surface area contributed by atoms with Gasteiger partial charge in [0.25, 0.3) is 0 Å². The van der Waals surface area contributed by atoms with Crippen LogP contribution in [0.15, 0.2) is 0 Å². The molecule has 0 atom stereocenters. The lowest BCUT2D eigenvalue weighted by Gasteiger charge is -2.29. The molecule has 0 radical (unpaired) electrons. The lowest BCUT2D eigenvalue weighted by molar-refractivity contribution is 0.549. The Hall–Kier alpha value is -1.03. The Morgan fingerprint density at radius 1 is 1.25 bits per heavy atom. The number of nitrogens with zero attached hydrogens (tertiary/aromatic N) is 3. The Balaban J connectivity index is 2.98. The topological polar surface area (TPSA) is 33.1 Å². The minimum absolute atomic E-state index is 0.494. The van der Waals surface area contributed by atoms with Crippen LogP contribution >= 0.6 is 0 Å². The summed E-state index contributed by atoms with van der Waals surface area (Å²) in [6.45, 7) is 16.3. The van der Waals surface area contributed by atoms with Crippen molar-refractivity contribution >= 4 is 5.82 Å². The summed E-state index contributed by atoms with van der Waals surface area (Å²) in [7, 11) is 2.05. The second kappa shape index (κ2) is 7.67. The molecule has 1 aromatic rings. The van der Waals surface area contributed by atoms with Gasteiger partial charge < -0.3 is 10.2 Å². The summed E-state index contributed by atoms with van der Waals surface area (Å²) in [6.07, 6.45) is 1.15. The average molecular weight is 280 g/mol. The second-order valence-corrected chi connectivity index (χ2v) is 6.32. The van der Waals surface area contributed by atoms with Crippen LogP contribution in [0.1, 0.15) is 52.3 Å². The van der Waals surface area contributed by atoms with Crippen molar-refractivity contribution in [1.29, 1.82) is 0 Å². The largest absolute Gasteiger partial charge is 0.354 e. The quantitative estimate of drug-likeness (QED) is 0.794. The zero-order valence-electron chi connectivity index (χ0n) is 14.3. The fraction of sp³-hybridized carbons (Fsp3) is 0.812. The molecule has 0 amide bonds. The van der Waals surface area contributed by atoms with E-state index in [-0.39, 0.29) is 0 Å². The summed E-state index contributed by atoms with van der Waals surface area (Å²) < 4.78 is 2.04. The molecule has 1 rings (SSSR count). The molecule has 116 valence electrons. The van der Waals surface area contributed by atoms with E-state index >= 15 is 0 Å². The first-order valence-electron chi connectivity index (χ1n) is 7.88. The van der Waals surface area contributed by atoms with E-state index in [2.05, 4.69) is 63.9 Å². The molecule has 0 saturated carbocycles. The highest BCUT2D eigenvalue weighted by Gasteiger charge is 2.20. The van der Waals surface area contributed by atoms with Crippen molar-refractivity contribution in [3.05, 3.63) is 11.3 Å². The Morgan fingerprint density at radius 2 is 1.90 bits per heavy atom. The summed E-state index contributed by atoms with van der Waals surface area (Å²) in [5.41, 5.74) is 2.48. The van der Waals surface area contributed by atoms with Gasteiger partial charge in [0.05, 0.1) is 5.69 Å². The van der Waals surface area contributed by atoms with Gasteiger partial charge in [-0.3, -0.25) is 4.68 Å². The molecule has 0 aliphatic carbocycles. The summed E-state index contributed by atoms with van der Waals surface area (Å²) >= 11 is 0. The number of rotatable bonds is 8. The van der Waals surface area contributed by atoms with Crippen molar-refractivity contribution in [1.82, 2.24) is 15.1 Å². The van der Waals surface area contributed by atoms with Crippen LogP contribution in [0, 0.1) is 12.8 Å². The van der Waals surface area contributed by atoms with Crippen LogP contribution in [-0.2, 0) is 13.6 Å². The molecule has 1 heterocycles. The third-order valence-corrected chi connectivity index (χ3v) is 3.53. The van der Waals surface area contributed by atoms with Crippen molar-refractivity contribution < 1.29 is 0 Å².